The van der Waals surface area contributed by atoms with Gasteiger partial charge < -0.3 is 5.11 Å². The van der Waals surface area contributed by atoms with Crippen LogP contribution in [0.1, 0.15) is 0 Å². The molecule has 152 valence electrons. The van der Waals surface area contributed by atoms with Gasteiger partial charge in [-0.15, -0.1) is 0 Å². The molecule has 4 aromatic carbocycles. The Morgan fingerprint density at radius 1 is 0.552 bits per heavy atom. The highest BCUT2D eigenvalue weighted by Gasteiger charge is 2.27. The molecule has 13 heteroatoms. The highest BCUT2D eigenvalue weighted by Crippen LogP contribution is 2.45. The van der Waals surface area contributed by atoms with E-state index in [1.54, 1.807) is 0 Å². The molecule has 0 heterocycles. The summed E-state index contributed by atoms with van der Waals surface area (Å²) in [5, 5.41) is 10.8. The molecular formula is C16H7Cl3O7S3. The number of rotatable bonds is 3. The van der Waals surface area contributed by atoms with Gasteiger partial charge in [0.1, 0.15) is 5.75 Å². The lowest BCUT2D eigenvalue weighted by Gasteiger charge is -2.17. The van der Waals surface area contributed by atoms with Gasteiger partial charge in [0.05, 0.1) is 14.7 Å². The Kier molecular flexibility index (Phi) is 4.44. The van der Waals surface area contributed by atoms with Crippen LogP contribution >= 0.6 is 32.0 Å². The molecule has 0 aliphatic rings. The number of phenolic OH excluding ortho intramolecular Hbond substituents is 1. The molecule has 7 nitrogen and oxygen atoms in total. The molecule has 0 amide bonds. The normalized spacial score (nSPS) is 13.6. The second kappa shape index (κ2) is 6.22. The van der Waals surface area contributed by atoms with Gasteiger partial charge in [-0.3, -0.25) is 0 Å². The fraction of sp³-hybridized carbons (Fsp3) is 0. The largest absolute Gasteiger partial charge is 0.507 e. The minimum atomic E-state index is -4.42. The summed E-state index contributed by atoms with van der Waals surface area (Å²) in [5.74, 6) is -0.444. The maximum Gasteiger partial charge on any atom is 0.262 e. The fourth-order valence-electron chi connectivity index (χ4n) is 3.48. The summed E-state index contributed by atoms with van der Waals surface area (Å²) in [7, 11) is 3.36. The number of halogens is 3. The van der Waals surface area contributed by atoms with E-state index in [1.165, 1.54) is 24.3 Å². The third-order valence-corrected chi connectivity index (χ3v) is 8.64. The number of aromatic hydroxyl groups is 1. The summed E-state index contributed by atoms with van der Waals surface area (Å²) in [6, 6.07) is 7.09. The Hall–Kier alpha value is -1.56. The van der Waals surface area contributed by atoms with Crippen LogP contribution in [-0.4, -0.2) is 30.4 Å². The van der Waals surface area contributed by atoms with Crippen molar-refractivity contribution in [2.45, 2.75) is 14.7 Å². The predicted molar refractivity (Wildman–Crippen MR) is 111 cm³/mol. The van der Waals surface area contributed by atoms with Crippen LogP contribution in [0.15, 0.2) is 51.1 Å². The van der Waals surface area contributed by atoms with Crippen molar-refractivity contribution in [3.8, 4) is 5.75 Å². The van der Waals surface area contributed by atoms with E-state index in [0.29, 0.717) is 0 Å². The molecule has 29 heavy (non-hydrogen) atoms. The van der Waals surface area contributed by atoms with Crippen molar-refractivity contribution < 1.29 is 30.4 Å². The van der Waals surface area contributed by atoms with Gasteiger partial charge in [0.15, 0.2) is 0 Å². The van der Waals surface area contributed by atoms with Gasteiger partial charge in [-0.2, -0.15) is 0 Å². The van der Waals surface area contributed by atoms with Crippen molar-refractivity contribution >= 4 is 91.5 Å². The summed E-state index contributed by atoms with van der Waals surface area (Å²) in [5.41, 5.74) is 0. The van der Waals surface area contributed by atoms with Gasteiger partial charge in [-0.25, -0.2) is 25.3 Å². The molecule has 0 unspecified atom stereocenters. The van der Waals surface area contributed by atoms with Crippen LogP contribution in [0.4, 0.5) is 0 Å². The average molecular weight is 514 g/mol. The van der Waals surface area contributed by atoms with Crippen LogP contribution in [0.25, 0.3) is 32.3 Å². The predicted octanol–water partition coefficient (Wildman–Crippen LogP) is 4.07. The van der Waals surface area contributed by atoms with Crippen LogP contribution in [0, 0.1) is 0 Å². The van der Waals surface area contributed by atoms with Gasteiger partial charge >= 0.3 is 0 Å². The van der Waals surface area contributed by atoms with Gasteiger partial charge in [-0.1, -0.05) is 18.2 Å². The van der Waals surface area contributed by atoms with Gasteiger partial charge in [0.2, 0.25) is 0 Å². The number of phenols is 1. The number of benzene rings is 4. The van der Waals surface area contributed by atoms with Crippen LogP contribution < -0.4 is 0 Å². The summed E-state index contributed by atoms with van der Waals surface area (Å²) in [6.07, 6.45) is 0. The highest BCUT2D eigenvalue weighted by molar-refractivity contribution is 8.14. The minimum absolute atomic E-state index is 0.0284. The molecule has 0 atom stereocenters. The Labute approximate surface area is 178 Å². The zero-order valence-electron chi connectivity index (χ0n) is 13.7. The maximum atomic E-state index is 12.1. The van der Waals surface area contributed by atoms with E-state index in [-0.39, 0.29) is 32.3 Å². The topological polar surface area (TPSA) is 123 Å². The van der Waals surface area contributed by atoms with Crippen molar-refractivity contribution in [3.05, 3.63) is 36.4 Å². The lowest BCUT2D eigenvalue weighted by Crippen LogP contribution is -2.01. The van der Waals surface area contributed by atoms with Gasteiger partial charge in [0.25, 0.3) is 27.2 Å². The Morgan fingerprint density at radius 3 is 1.24 bits per heavy atom. The zero-order valence-corrected chi connectivity index (χ0v) is 18.4. The lowest BCUT2D eigenvalue weighted by molar-refractivity contribution is 0.480. The molecule has 0 aromatic heterocycles. The molecule has 4 rings (SSSR count). The van der Waals surface area contributed by atoms with Gasteiger partial charge in [0, 0.05) is 70.4 Å². The van der Waals surface area contributed by atoms with E-state index in [1.807, 2.05) is 0 Å². The molecule has 0 bridgehead atoms. The first-order valence-electron chi connectivity index (χ1n) is 7.52. The second-order valence-corrected chi connectivity index (χ2v) is 13.8. The molecule has 0 aliphatic carbocycles. The molecular weight excluding hydrogens is 507 g/mol. The van der Waals surface area contributed by atoms with Crippen molar-refractivity contribution in [1.82, 2.24) is 0 Å². The quantitative estimate of drug-likeness (QED) is 0.323. The van der Waals surface area contributed by atoms with E-state index in [2.05, 4.69) is 0 Å². The molecule has 0 fully saturated rings. The third-order valence-electron chi connectivity index (χ3n) is 4.55. The monoisotopic (exact) mass is 512 g/mol. The Balaban J connectivity index is 2.47. The minimum Gasteiger partial charge on any atom is -0.507 e. The van der Waals surface area contributed by atoms with Crippen molar-refractivity contribution in [2.24, 2.45) is 0 Å². The van der Waals surface area contributed by atoms with Crippen molar-refractivity contribution in [3.63, 3.8) is 0 Å². The third kappa shape index (κ3) is 3.18. The lowest BCUT2D eigenvalue weighted by atomic mass is 9.94. The average Bonchev–Trinajstić information content (AvgIpc) is 2.57. The summed E-state index contributed by atoms with van der Waals surface area (Å²) in [6.45, 7) is 0. The van der Waals surface area contributed by atoms with E-state index >= 15 is 0 Å². The molecule has 0 saturated carbocycles. The molecule has 0 spiro atoms. The summed E-state index contributed by atoms with van der Waals surface area (Å²) < 4.78 is 72.5. The maximum absolute atomic E-state index is 12.1. The van der Waals surface area contributed by atoms with Crippen LogP contribution in [0.2, 0.25) is 0 Å². The smallest absolute Gasteiger partial charge is 0.262 e. The molecule has 0 radical (unpaired) electrons. The summed E-state index contributed by atoms with van der Waals surface area (Å²) >= 11 is 0. The first kappa shape index (κ1) is 20.7. The van der Waals surface area contributed by atoms with E-state index in [4.69, 9.17) is 32.0 Å². The van der Waals surface area contributed by atoms with Crippen molar-refractivity contribution in [1.29, 1.82) is 0 Å². The van der Waals surface area contributed by atoms with Gasteiger partial charge in [-0.05, 0) is 12.1 Å². The Bertz CT molecular complexity index is 1620. The number of hydrogen-bond donors (Lipinski definition) is 1. The molecule has 4 aromatic rings. The van der Waals surface area contributed by atoms with E-state index in [9.17, 15) is 30.4 Å². The molecule has 1 N–H and O–H groups in total. The van der Waals surface area contributed by atoms with Crippen LogP contribution in [-0.2, 0) is 27.2 Å². The molecule has 0 saturated heterocycles. The first-order valence-corrected chi connectivity index (χ1v) is 14.5. The standard InChI is InChI=1S/C16H7Cl3O7S3/c17-27(21,22)12-5-11(20)7-1-2-9-13(28(18,23)24)6-14(29(19,25)26)10-4-3-8(12)15(7)16(9)10/h1-6,20H. The number of hydrogen-bond acceptors (Lipinski definition) is 7. The van der Waals surface area contributed by atoms with Crippen molar-refractivity contribution in [2.75, 3.05) is 0 Å². The zero-order chi connectivity index (χ0) is 21.5. The second-order valence-electron chi connectivity index (χ2n) is 6.15. The van der Waals surface area contributed by atoms with Crippen LogP contribution in [0.5, 0.6) is 5.75 Å². The van der Waals surface area contributed by atoms with Crippen LogP contribution in [0.3, 0.4) is 0 Å². The highest BCUT2D eigenvalue weighted by atomic mass is 35.7. The first-order chi connectivity index (χ1) is 13.2. The Morgan fingerprint density at radius 2 is 0.862 bits per heavy atom. The summed E-state index contributed by atoms with van der Waals surface area (Å²) in [4.78, 5) is -1.48. The molecule has 0 aliphatic heterocycles. The fourth-order valence-corrected chi connectivity index (χ4v) is 6.78. The SMILES string of the molecule is O=S(=O)(Cl)c1cc(O)c2ccc3c(S(=O)(=O)Cl)cc(S(=O)(=O)Cl)c4ccc1c2c34. The van der Waals surface area contributed by atoms with E-state index in [0.717, 1.165) is 12.1 Å². The van der Waals surface area contributed by atoms with E-state index < -0.39 is 47.6 Å².